The quantitative estimate of drug-likeness (QED) is 0.145. The van der Waals surface area contributed by atoms with Gasteiger partial charge in [-0.25, -0.2) is 9.59 Å². The van der Waals surface area contributed by atoms with Crippen LogP contribution < -0.4 is 21.3 Å². The zero-order valence-corrected chi connectivity index (χ0v) is 29.1. The number of hydrogen-bond donors (Lipinski definition) is 4. The average Bonchev–Trinajstić information content (AvgIpc) is 3.39. The lowest BCUT2D eigenvalue weighted by Gasteiger charge is -2.32. The van der Waals surface area contributed by atoms with E-state index in [4.69, 9.17) is 14.2 Å². The lowest BCUT2D eigenvalue weighted by Crippen LogP contribution is -2.59. The molecule has 0 aliphatic carbocycles. The van der Waals surface area contributed by atoms with E-state index in [2.05, 4.69) is 21.3 Å². The van der Waals surface area contributed by atoms with E-state index in [0.29, 0.717) is 13.0 Å². The molecule has 2 rings (SSSR count). The van der Waals surface area contributed by atoms with Gasteiger partial charge in [-0.15, -0.1) is 0 Å². The molecule has 0 radical (unpaired) electrons. The number of carbonyl (C=O) groups is 5. The normalized spacial score (nSPS) is 17.5. The number of nitrogens with one attached hydrogen (secondary N) is 4. The third kappa shape index (κ3) is 15.5. The Bertz CT molecular complexity index is 1210. The summed E-state index contributed by atoms with van der Waals surface area (Å²) in [5, 5.41) is 11.1. The summed E-state index contributed by atoms with van der Waals surface area (Å²) in [7, 11) is 0. The Morgan fingerprint density at radius 2 is 1.62 bits per heavy atom. The van der Waals surface area contributed by atoms with Gasteiger partial charge in [-0.05, 0) is 64.4 Å². The van der Waals surface area contributed by atoms with E-state index in [1.54, 1.807) is 6.92 Å². The highest BCUT2D eigenvalue weighted by Gasteiger charge is 2.35. The summed E-state index contributed by atoms with van der Waals surface area (Å²) in [6.45, 7) is 15.6. The summed E-state index contributed by atoms with van der Waals surface area (Å²) in [6, 6.07) is 6.27. The first-order valence-corrected chi connectivity index (χ1v) is 16.4. The highest BCUT2D eigenvalue weighted by Crippen LogP contribution is 2.18. The second kappa shape index (κ2) is 19.0. The lowest BCUT2D eigenvalue weighted by atomic mass is 9.96. The molecule has 0 saturated carbocycles. The molecule has 12 nitrogen and oxygen atoms in total. The molecule has 1 aromatic rings. The predicted molar refractivity (Wildman–Crippen MR) is 178 cm³/mol. The van der Waals surface area contributed by atoms with Crippen LogP contribution in [0.2, 0.25) is 0 Å². The van der Waals surface area contributed by atoms with Crippen molar-refractivity contribution in [2.75, 3.05) is 13.2 Å². The first-order chi connectivity index (χ1) is 22.0. The SMILES string of the molecule is CC(C)COC(=O)/C=C/[C@H](CC1CCNC1=O)NC(=O)[C@H](CC(C)C)NC(=O)[C@@H](NC(=O)OCc1ccccc1)C(C)OC(C)(C)C. The Morgan fingerprint density at radius 3 is 2.19 bits per heavy atom. The number of ether oxygens (including phenoxy) is 3. The van der Waals surface area contributed by atoms with Crippen LogP contribution in [0.4, 0.5) is 4.79 Å². The van der Waals surface area contributed by atoms with Gasteiger partial charge in [0.25, 0.3) is 0 Å². The molecule has 1 aliphatic rings. The van der Waals surface area contributed by atoms with Gasteiger partial charge < -0.3 is 35.5 Å². The minimum absolute atomic E-state index is 0.00678. The second-order valence-corrected chi connectivity index (χ2v) is 13.8. The zero-order valence-electron chi connectivity index (χ0n) is 29.1. The summed E-state index contributed by atoms with van der Waals surface area (Å²) in [4.78, 5) is 64.9. The van der Waals surface area contributed by atoms with Crippen LogP contribution in [0.1, 0.15) is 80.2 Å². The van der Waals surface area contributed by atoms with Gasteiger partial charge in [0.2, 0.25) is 17.7 Å². The summed E-state index contributed by atoms with van der Waals surface area (Å²) in [6.07, 6.45) is 2.33. The van der Waals surface area contributed by atoms with Gasteiger partial charge in [0.05, 0.1) is 18.3 Å². The van der Waals surface area contributed by atoms with Crippen LogP contribution in [0.5, 0.6) is 0 Å². The van der Waals surface area contributed by atoms with Crippen LogP contribution in [0.15, 0.2) is 42.5 Å². The molecule has 4 amide bonds. The minimum Gasteiger partial charge on any atom is -0.462 e. The smallest absolute Gasteiger partial charge is 0.408 e. The highest BCUT2D eigenvalue weighted by molar-refractivity contribution is 5.92. The van der Waals surface area contributed by atoms with Crippen molar-refractivity contribution in [3.05, 3.63) is 48.0 Å². The van der Waals surface area contributed by atoms with E-state index in [1.165, 1.54) is 12.2 Å². The minimum atomic E-state index is -1.19. The molecule has 262 valence electrons. The van der Waals surface area contributed by atoms with Crippen molar-refractivity contribution in [2.24, 2.45) is 17.8 Å². The number of alkyl carbamates (subject to hydrolysis) is 1. The van der Waals surface area contributed by atoms with Gasteiger partial charge in [-0.2, -0.15) is 0 Å². The monoisotopic (exact) mass is 658 g/mol. The molecule has 0 spiro atoms. The van der Waals surface area contributed by atoms with Crippen molar-refractivity contribution in [3.8, 4) is 0 Å². The number of carbonyl (C=O) groups excluding carboxylic acids is 5. The number of benzene rings is 1. The fraction of sp³-hybridized carbons (Fsp3) is 0.629. The molecule has 0 aromatic heterocycles. The maximum atomic E-state index is 13.8. The molecule has 1 fully saturated rings. The number of hydrogen-bond acceptors (Lipinski definition) is 8. The molecule has 47 heavy (non-hydrogen) atoms. The van der Waals surface area contributed by atoms with Gasteiger partial charge in [0.1, 0.15) is 18.7 Å². The Morgan fingerprint density at radius 1 is 0.936 bits per heavy atom. The second-order valence-electron chi connectivity index (χ2n) is 13.8. The van der Waals surface area contributed by atoms with E-state index < -0.39 is 53.7 Å². The maximum absolute atomic E-state index is 13.8. The van der Waals surface area contributed by atoms with E-state index in [9.17, 15) is 24.0 Å². The third-order valence-corrected chi connectivity index (χ3v) is 7.17. The topological polar surface area (TPSA) is 161 Å². The van der Waals surface area contributed by atoms with E-state index in [-0.39, 0.29) is 49.7 Å². The largest absolute Gasteiger partial charge is 0.462 e. The molecule has 1 aromatic carbocycles. The maximum Gasteiger partial charge on any atom is 0.408 e. The Balaban J connectivity index is 2.23. The van der Waals surface area contributed by atoms with Crippen molar-refractivity contribution in [3.63, 3.8) is 0 Å². The van der Waals surface area contributed by atoms with Gasteiger partial charge >= 0.3 is 12.1 Å². The summed E-state index contributed by atoms with van der Waals surface area (Å²) in [5.41, 5.74) is 0.146. The van der Waals surface area contributed by atoms with Crippen molar-refractivity contribution < 1.29 is 38.2 Å². The van der Waals surface area contributed by atoms with Crippen LogP contribution in [-0.2, 0) is 40.0 Å². The van der Waals surface area contributed by atoms with Crippen LogP contribution in [-0.4, -0.2) is 72.8 Å². The van der Waals surface area contributed by atoms with Crippen LogP contribution in [0.3, 0.4) is 0 Å². The van der Waals surface area contributed by atoms with E-state index in [1.807, 2.05) is 78.8 Å². The third-order valence-electron chi connectivity index (χ3n) is 7.17. The molecule has 2 unspecified atom stereocenters. The fourth-order valence-electron chi connectivity index (χ4n) is 5.01. The molecular weight excluding hydrogens is 604 g/mol. The molecule has 1 heterocycles. The summed E-state index contributed by atoms with van der Waals surface area (Å²) >= 11 is 0. The molecule has 5 atom stereocenters. The standard InChI is InChI=1S/C35H54N4O8/c1-22(2)18-28(32(42)37-27(19-26-16-17-36-31(26)41)14-15-29(40)45-20-23(3)4)38-33(43)30(24(5)47-35(6,7)8)39-34(44)46-21-25-12-10-9-11-13-25/h9-15,22-24,26-28,30H,16-21H2,1-8H3,(H,36,41)(H,37,42)(H,38,43)(H,39,44)/b15-14+/t24?,26?,27-,28+,30+/m1/s1. The van der Waals surface area contributed by atoms with Crippen LogP contribution in [0.25, 0.3) is 0 Å². The lowest BCUT2D eigenvalue weighted by molar-refractivity contribution is -0.138. The van der Waals surface area contributed by atoms with Crippen molar-refractivity contribution in [1.82, 2.24) is 21.3 Å². The van der Waals surface area contributed by atoms with Crippen LogP contribution in [0, 0.1) is 17.8 Å². The first-order valence-electron chi connectivity index (χ1n) is 16.4. The Kier molecular flexibility index (Phi) is 15.9. The predicted octanol–water partition coefficient (Wildman–Crippen LogP) is 3.78. The van der Waals surface area contributed by atoms with Gasteiger partial charge in [0, 0.05) is 24.6 Å². The van der Waals surface area contributed by atoms with Gasteiger partial charge in [-0.1, -0.05) is 64.1 Å². The molecule has 1 saturated heterocycles. The number of rotatable bonds is 17. The van der Waals surface area contributed by atoms with E-state index in [0.717, 1.165) is 5.56 Å². The Labute approximate surface area is 279 Å². The zero-order chi connectivity index (χ0) is 35.1. The molecular formula is C35H54N4O8. The highest BCUT2D eigenvalue weighted by atomic mass is 16.6. The summed E-state index contributed by atoms with van der Waals surface area (Å²) in [5.74, 6) is -1.97. The number of amides is 4. The Hall–Kier alpha value is -3.93. The summed E-state index contributed by atoms with van der Waals surface area (Å²) < 4.78 is 16.6. The molecule has 12 heteroatoms. The average molecular weight is 659 g/mol. The van der Waals surface area contributed by atoms with Crippen LogP contribution >= 0.6 is 0 Å². The van der Waals surface area contributed by atoms with Crippen molar-refractivity contribution in [1.29, 1.82) is 0 Å². The molecule has 4 N–H and O–H groups in total. The first kappa shape index (κ1) is 39.2. The molecule has 1 aliphatic heterocycles. The number of esters is 1. The van der Waals surface area contributed by atoms with Crippen molar-refractivity contribution in [2.45, 2.75) is 111 Å². The molecule has 0 bridgehead atoms. The van der Waals surface area contributed by atoms with E-state index >= 15 is 0 Å². The van der Waals surface area contributed by atoms with Crippen molar-refractivity contribution >= 4 is 29.8 Å². The fourth-order valence-corrected chi connectivity index (χ4v) is 5.01. The van der Waals surface area contributed by atoms with Gasteiger partial charge in [0.15, 0.2) is 0 Å². The van der Waals surface area contributed by atoms with Gasteiger partial charge in [-0.3, -0.25) is 14.4 Å².